The van der Waals surface area contributed by atoms with Crippen molar-refractivity contribution < 1.29 is 4.79 Å². The lowest BCUT2D eigenvalue weighted by Crippen LogP contribution is -2.46. The zero-order valence-corrected chi connectivity index (χ0v) is 17.4. The minimum absolute atomic E-state index is 0.110. The summed E-state index contributed by atoms with van der Waals surface area (Å²) in [6, 6.07) is 13.5. The van der Waals surface area contributed by atoms with Gasteiger partial charge in [-0.2, -0.15) is 11.8 Å². The van der Waals surface area contributed by atoms with Crippen molar-refractivity contribution in [1.29, 1.82) is 0 Å². The summed E-state index contributed by atoms with van der Waals surface area (Å²) in [5, 5.41) is 3.68. The minimum atomic E-state index is -0.110. The van der Waals surface area contributed by atoms with Gasteiger partial charge in [0.2, 0.25) is 0 Å². The molecule has 3 rings (SSSR count). The maximum absolute atomic E-state index is 12.7. The topological polar surface area (TPSA) is 35.6 Å². The van der Waals surface area contributed by atoms with E-state index in [0.29, 0.717) is 10.6 Å². The van der Waals surface area contributed by atoms with Crippen LogP contribution in [-0.2, 0) is 5.75 Å². The molecule has 27 heavy (non-hydrogen) atoms. The first-order valence-electron chi connectivity index (χ1n) is 9.26. The van der Waals surface area contributed by atoms with E-state index in [-0.39, 0.29) is 5.91 Å². The largest absolute Gasteiger partial charge is 0.367 e. The Morgan fingerprint density at radius 2 is 1.81 bits per heavy atom. The number of rotatable bonds is 6. The molecule has 0 atom stereocenters. The molecule has 0 saturated carbocycles. The van der Waals surface area contributed by atoms with Crippen molar-refractivity contribution in [2.75, 3.05) is 49.2 Å². The third-order valence-corrected chi connectivity index (χ3v) is 5.75. The number of halogens is 1. The summed E-state index contributed by atoms with van der Waals surface area (Å²) in [7, 11) is 0. The van der Waals surface area contributed by atoms with E-state index in [1.807, 2.05) is 42.5 Å². The van der Waals surface area contributed by atoms with Gasteiger partial charge in [0.25, 0.3) is 5.91 Å². The van der Waals surface area contributed by atoms with E-state index < -0.39 is 0 Å². The molecule has 4 nitrogen and oxygen atoms in total. The molecule has 0 aliphatic carbocycles. The second kappa shape index (κ2) is 9.49. The van der Waals surface area contributed by atoms with Crippen LogP contribution in [-0.4, -0.2) is 49.8 Å². The second-order valence-electron chi connectivity index (χ2n) is 6.67. The number of benzene rings is 2. The number of carbonyl (C=O) groups excluding carboxylic acids is 1. The fourth-order valence-corrected chi connectivity index (χ4v) is 4.00. The summed E-state index contributed by atoms with van der Waals surface area (Å²) in [6.07, 6.45) is 2.07. The van der Waals surface area contributed by atoms with Gasteiger partial charge in [-0.3, -0.25) is 4.79 Å². The van der Waals surface area contributed by atoms with Crippen molar-refractivity contribution in [3.8, 4) is 0 Å². The van der Waals surface area contributed by atoms with Crippen LogP contribution in [0, 0.1) is 0 Å². The highest BCUT2D eigenvalue weighted by Gasteiger charge is 2.19. The fraction of sp³-hybridized carbons (Fsp3) is 0.381. The highest BCUT2D eigenvalue weighted by molar-refractivity contribution is 7.97. The molecule has 0 bridgehead atoms. The number of thioether (sulfide) groups is 1. The summed E-state index contributed by atoms with van der Waals surface area (Å²) in [6.45, 7) is 7.22. The third kappa shape index (κ3) is 5.18. The van der Waals surface area contributed by atoms with Gasteiger partial charge < -0.3 is 15.1 Å². The number of amides is 1. The zero-order valence-electron chi connectivity index (χ0n) is 15.9. The minimum Gasteiger partial charge on any atom is -0.367 e. The number of nitrogens with zero attached hydrogens (tertiary/aromatic N) is 2. The van der Waals surface area contributed by atoms with Crippen LogP contribution in [0.1, 0.15) is 22.8 Å². The van der Waals surface area contributed by atoms with Crippen LogP contribution in [0.4, 0.5) is 11.4 Å². The molecular formula is C21H26ClN3OS. The standard InChI is InChI=1S/C21H26ClN3OS/c1-3-24-10-12-25(13-11-24)20-9-8-18(22)14-19(20)23-21(26)17-6-4-16(5-7-17)15-27-2/h4-9,14H,3,10-13,15H2,1-2H3,(H,23,26). The summed E-state index contributed by atoms with van der Waals surface area (Å²) in [5.74, 6) is 0.839. The van der Waals surface area contributed by atoms with E-state index in [1.54, 1.807) is 11.8 Å². The van der Waals surface area contributed by atoms with Crippen LogP contribution in [0.25, 0.3) is 0 Å². The number of carbonyl (C=O) groups is 1. The Morgan fingerprint density at radius 3 is 2.44 bits per heavy atom. The van der Waals surface area contributed by atoms with Gasteiger partial charge in [-0.05, 0) is 48.7 Å². The first-order chi connectivity index (χ1) is 13.1. The van der Waals surface area contributed by atoms with Gasteiger partial charge in [0.1, 0.15) is 0 Å². The molecule has 0 unspecified atom stereocenters. The summed E-state index contributed by atoms with van der Waals surface area (Å²) >= 11 is 7.97. The van der Waals surface area contributed by atoms with Crippen LogP contribution < -0.4 is 10.2 Å². The van der Waals surface area contributed by atoms with E-state index >= 15 is 0 Å². The molecule has 0 spiro atoms. The molecule has 0 aromatic heterocycles. The van der Waals surface area contributed by atoms with Crippen molar-refractivity contribution in [1.82, 2.24) is 4.90 Å². The molecule has 1 N–H and O–H groups in total. The Balaban J connectivity index is 1.75. The molecule has 6 heteroatoms. The zero-order chi connectivity index (χ0) is 19.2. The molecule has 144 valence electrons. The van der Waals surface area contributed by atoms with Crippen molar-refractivity contribution in [3.63, 3.8) is 0 Å². The SMILES string of the molecule is CCN1CCN(c2ccc(Cl)cc2NC(=O)c2ccc(CSC)cc2)CC1. The lowest BCUT2D eigenvalue weighted by atomic mass is 10.1. The maximum Gasteiger partial charge on any atom is 0.255 e. The van der Waals surface area contributed by atoms with E-state index in [9.17, 15) is 4.79 Å². The maximum atomic E-state index is 12.7. The van der Waals surface area contributed by atoms with Crippen LogP contribution in [0.3, 0.4) is 0 Å². The van der Waals surface area contributed by atoms with Crippen LogP contribution in [0.5, 0.6) is 0 Å². The second-order valence-corrected chi connectivity index (χ2v) is 7.97. The lowest BCUT2D eigenvalue weighted by molar-refractivity contribution is 0.102. The summed E-state index contributed by atoms with van der Waals surface area (Å²) < 4.78 is 0. The summed E-state index contributed by atoms with van der Waals surface area (Å²) in [5.41, 5.74) is 3.67. The number of piperazine rings is 1. The Kier molecular flexibility index (Phi) is 7.05. The van der Waals surface area contributed by atoms with E-state index in [4.69, 9.17) is 11.6 Å². The molecular weight excluding hydrogens is 378 g/mol. The normalized spacial score (nSPS) is 15.0. The van der Waals surface area contributed by atoms with Crippen LogP contribution in [0.15, 0.2) is 42.5 Å². The van der Waals surface area contributed by atoms with Gasteiger partial charge >= 0.3 is 0 Å². The smallest absolute Gasteiger partial charge is 0.255 e. The van der Waals surface area contributed by atoms with Gasteiger partial charge in [0.15, 0.2) is 0 Å². The average molecular weight is 404 g/mol. The van der Waals surface area contributed by atoms with Gasteiger partial charge in [0.05, 0.1) is 11.4 Å². The number of anilines is 2. The van der Waals surface area contributed by atoms with E-state index in [1.165, 1.54) is 5.56 Å². The number of hydrogen-bond acceptors (Lipinski definition) is 4. The monoisotopic (exact) mass is 403 g/mol. The van der Waals surface area contributed by atoms with Crippen molar-refractivity contribution in [2.45, 2.75) is 12.7 Å². The Morgan fingerprint density at radius 1 is 1.11 bits per heavy atom. The Bertz CT molecular complexity index is 773. The lowest BCUT2D eigenvalue weighted by Gasteiger charge is -2.36. The number of likely N-dealkylation sites (N-methyl/N-ethyl adjacent to an activating group) is 1. The first-order valence-corrected chi connectivity index (χ1v) is 11.0. The molecule has 1 fully saturated rings. The molecule has 1 aliphatic rings. The van der Waals surface area contributed by atoms with Crippen LogP contribution in [0.2, 0.25) is 5.02 Å². The summed E-state index contributed by atoms with van der Waals surface area (Å²) in [4.78, 5) is 17.5. The third-order valence-electron chi connectivity index (χ3n) is 4.89. The highest BCUT2D eigenvalue weighted by atomic mass is 35.5. The highest BCUT2D eigenvalue weighted by Crippen LogP contribution is 2.30. The van der Waals surface area contributed by atoms with Gasteiger partial charge in [-0.25, -0.2) is 0 Å². The van der Waals surface area contributed by atoms with Crippen LogP contribution >= 0.6 is 23.4 Å². The molecule has 1 saturated heterocycles. The Labute approximate surface area is 170 Å². The quantitative estimate of drug-likeness (QED) is 0.764. The molecule has 0 radical (unpaired) electrons. The fourth-order valence-electron chi connectivity index (χ4n) is 3.30. The van der Waals surface area contributed by atoms with Gasteiger partial charge in [-0.1, -0.05) is 30.7 Å². The Hall–Kier alpha value is -1.69. The number of hydrogen-bond donors (Lipinski definition) is 1. The molecule has 2 aromatic rings. The number of nitrogens with one attached hydrogen (secondary N) is 1. The van der Waals surface area contributed by atoms with Gasteiger partial charge in [0, 0.05) is 42.5 Å². The average Bonchev–Trinajstić information content (AvgIpc) is 2.69. The predicted octanol–water partition coefficient (Wildman–Crippen LogP) is 4.60. The first kappa shape index (κ1) is 20.1. The van der Waals surface area contributed by atoms with E-state index in [2.05, 4.69) is 28.3 Å². The van der Waals surface area contributed by atoms with Crippen molar-refractivity contribution >= 4 is 40.6 Å². The van der Waals surface area contributed by atoms with Crippen molar-refractivity contribution in [3.05, 3.63) is 58.6 Å². The molecule has 1 amide bonds. The molecule has 1 aliphatic heterocycles. The van der Waals surface area contributed by atoms with Gasteiger partial charge in [-0.15, -0.1) is 0 Å². The van der Waals surface area contributed by atoms with Crippen molar-refractivity contribution in [2.24, 2.45) is 0 Å². The van der Waals surface area contributed by atoms with E-state index in [0.717, 1.165) is 49.9 Å². The predicted molar refractivity (Wildman–Crippen MR) is 117 cm³/mol. The molecule has 2 aromatic carbocycles. The molecule has 1 heterocycles.